The molecule has 2 rings (SSSR count). The van der Waals surface area contributed by atoms with Gasteiger partial charge in [0.15, 0.2) is 0 Å². The Bertz CT molecular complexity index is 300. The summed E-state index contributed by atoms with van der Waals surface area (Å²) < 4.78 is 0. The van der Waals surface area contributed by atoms with E-state index in [2.05, 4.69) is 30.3 Å². The van der Waals surface area contributed by atoms with E-state index in [0.717, 1.165) is 19.3 Å². The molecule has 13 heavy (non-hydrogen) atoms. The van der Waals surface area contributed by atoms with Gasteiger partial charge in [0.05, 0.1) is 0 Å². The summed E-state index contributed by atoms with van der Waals surface area (Å²) in [7, 11) is 0. The van der Waals surface area contributed by atoms with Gasteiger partial charge in [-0.2, -0.15) is 0 Å². The molecular formula is C12H15N. The van der Waals surface area contributed by atoms with Crippen molar-refractivity contribution in [3.8, 4) is 0 Å². The maximum absolute atomic E-state index is 5.92. The highest BCUT2D eigenvalue weighted by atomic mass is 14.6. The Morgan fingerprint density at radius 2 is 1.92 bits per heavy atom. The number of allylic oxidation sites excluding steroid dienone is 1. The second-order valence-electron chi connectivity index (χ2n) is 3.64. The van der Waals surface area contributed by atoms with Crippen molar-refractivity contribution in [1.29, 1.82) is 0 Å². The molecule has 2 N–H and O–H groups in total. The number of hydrogen-bond acceptors (Lipinski definition) is 1. The second kappa shape index (κ2) is 3.75. The van der Waals surface area contributed by atoms with Crippen LogP contribution in [0.3, 0.4) is 0 Å². The summed E-state index contributed by atoms with van der Waals surface area (Å²) in [6.45, 7) is 0. The fourth-order valence-electron chi connectivity index (χ4n) is 1.83. The Kier molecular flexibility index (Phi) is 2.46. The fourth-order valence-corrected chi connectivity index (χ4v) is 1.83. The predicted octanol–water partition coefficient (Wildman–Crippen LogP) is 2.58. The van der Waals surface area contributed by atoms with Gasteiger partial charge in [-0.25, -0.2) is 0 Å². The molecule has 0 fully saturated rings. The number of hydrogen-bond donors (Lipinski definition) is 1. The molecule has 1 aromatic carbocycles. The van der Waals surface area contributed by atoms with Gasteiger partial charge in [-0.1, -0.05) is 36.4 Å². The van der Waals surface area contributed by atoms with Crippen LogP contribution in [0.15, 0.2) is 36.4 Å². The van der Waals surface area contributed by atoms with Gasteiger partial charge in [0.2, 0.25) is 0 Å². The number of benzene rings is 1. The highest BCUT2D eigenvalue weighted by Gasteiger charge is 2.11. The van der Waals surface area contributed by atoms with Gasteiger partial charge < -0.3 is 5.73 Å². The van der Waals surface area contributed by atoms with E-state index in [1.54, 1.807) is 0 Å². The molecule has 0 amide bonds. The SMILES string of the molecule is N[C@@H]1CCC=C(c2ccccc2)C1. The minimum atomic E-state index is 0.361. The molecule has 1 aromatic rings. The lowest BCUT2D eigenvalue weighted by atomic mass is 9.91. The third kappa shape index (κ3) is 1.99. The summed E-state index contributed by atoms with van der Waals surface area (Å²) in [5, 5.41) is 0. The van der Waals surface area contributed by atoms with Crippen molar-refractivity contribution in [2.45, 2.75) is 25.3 Å². The van der Waals surface area contributed by atoms with Crippen LogP contribution in [0.5, 0.6) is 0 Å². The van der Waals surface area contributed by atoms with E-state index < -0.39 is 0 Å². The second-order valence-corrected chi connectivity index (χ2v) is 3.64. The Balaban J connectivity index is 2.22. The summed E-state index contributed by atoms with van der Waals surface area (Å²) in [5.41, 5.74) is 8.67. The highest BCUT2D eigenvalue weighted by Crippen LogP contribution is 2.25. The first kappa shape index (κ1) is 8.52. The zero-order valence-electron chi connectivity index (χ0n) is 7.74. The average Bonchev–Trinajstić information content (AvgIpc) is 2.19. The quantitative estimate of drug-likeness (QED) is 0.694. The van der Waals surface area contributed by atoms with Crippen molar-refractivity contribution in [1.82, 2.24) is 0 Å². The van der Waals surface area contributed by atoms with Gasteiger partial charge in [-0.15, -0.1) is 0 Å². The molecule has 1 aliphatic carbocycles. The molecule has 0 aromatic heterocycles. The molecule has 0 saturated carbocycles. The van der Waals surface area contributed by atoms with E-state index >= 15 is 0 Å². The Labute approximate surface area is 79.3 Å². The van der Waals surface area contributed by atoms with Gasteiger partial charge in [-0.05, 0) is 30.4 Å². The fraction of sp³-hybridized carbons (Fsp3) is 0.333. The molecular weight excluding hydrogens is 158 g/mol. The Hall–Kier alpha value is -1.08. The van der Waals surface area contributed by atoms with E-state index in [4.69, 9.17) is 5.73 Å². The lowest BCUT2D eigenvalue weighted by molar-refractivity contribution is 0.616. The standard InChI is InChI=1S/C12H15N/c13-12-8-4-7-11(9-12)10-5-2-1-3-6-10/h1-3,5-7,12H,4,8-9,13H2/t12-/m1/s1. The van der Waals surface area contributed by atoms with Crippen LogP contribution in [-0.4, -0.2) is 6.04 Å². The summed E-state index contributed by atoms with van der Waals surface area (Å²) in [4.78, 5) is 0. The molecule has 0 aliphatic heterocycles. The normalized spacial score (nSPS) is 22.5. The summed E-state index contributed by atoms with van der Waals surface area (Å²) in [6, 6.07) is 10.9. The van der Waals surface area contributed by atoms with Crippen molar-refractivity contribution >= 4 is 5.57 Å². The van der Waals surface area contributed by atoms with E-state index in [1.807, 2.05) is 6.07 Å². The summed E-state index contributed by atoms with van der Waals surface area (Å²) >= 11 is 0. The van der Waals surface area contributed by atoms with Crippen molar-refractivity contribution in [3.63, 3.8) is 0 Å². The van der Waals surface area contributed by atoms with Crippen LogP contribution >= 0.6 is 0 Å². The smallest absolute Gasteiger partial charge is 0.00823 e. The summed E-state index contributed by atoms with van der Waals surface area (Å²) in [6.07, 6.45) is 5.62. The topological polar surface area (TPSA) is 26.0 Å². The molecule has 1 aliphatic rings. The third-order valence-corrected chi connectivity index (χ3v) is 2.55. The minimum Gasteiger partial charge on any atom is -0.327 e. The van der Waals surface area contributed by atoms with Gasteiger partial charge in [0.25, 0.3) is 0 Å². The van der Waals surface area contributed by atoms with Gasteiger partial charge >= 0.3 is 0 Å². The van der Waals surface area contributed by atoms with Crippen LogP contribution in [0.2, 0.25) is 0 Å². The minimum absolute atomic E-state index is 0.361. The van der Waals surface area contributed by atoms with E-state index in [9.17, 15) is 0 Å². The first-order valence-electron chi connectivity index (χ1n) is 4.86. The molecule has 0 heterocycles. The van der Waals surface area contributed by atoms with Crippen molar-refractivity contribution in [2.24, 2.45) is 5.73 Å². The summed E-state index contributed by atoms with van der Waals surface area (Å²) in [5.74, 6) is 0. The van der Waals surface area contributed by atoms with Crippen molar-refractivity contribution in [2.75, 3.05) is 0 Å². The van der Waals surface area contributed by atoms with E-state index in [0.29, 0.717) is 6.04 Å². The monoisotopic (exact) mass is 173 g/mol. The van der Waals surface area contributed by atoms with Crippen LogP contribution < -0.4 is 5.73 Å². The maximum Gasteiger partial charge on any atom is 0.00823 e. The zero-order valence-corrected chi connectivity index (χ0v) is 7.74. The van der Waals surface area contributed by atoms with E-state index in [1.165, 1.54) is 11.1 Å². The average molecular weight is 173 g/mol. The van der Waals surface area contributed by atoms with Gasteiger partial charge in [0, 0.05) is 6.04 Å². The molecule has 0 unspecified atom stereocenters. The number of nitrogens with two attached hydrogens (primary N) is 1. The maximum atomic E-state index is 5.92. The first-order valence-corrected chi connectivity index (χ1v) is 4.86. The van der Waals surface area contributed by atoms with E-state index in [-0.39, 0.29) is 0 Å². The van der Waals surface area contributed by atoms with Crippen LogP contribution in [-0.2, 0) is 0 Å². The van der Waals surface area contributed by atoms with Crippen molar-refractivity contribution in [3.05, 3.63) is 42.0 Å². The first-order chi connectivity index (χ1) is 6.36. The largest absolute Gasteiger partial charge is 0.327 e. The van der Waals surface area contributed by atoms with Gasteiger partial charge in [0.1, 0.15) is 0 Å². The molecule has 0 spiro atoms. The molecule has 0 saturated heterocycles. The van der Waals surface area contributed by atoms with Crippen molar-refractivity contribution < 1.29 is 0 Å². The zero-order chi connectivity index (χ0) is 9.10. The molecule has 1 atom stereocenters. The van der Waals surface area contributed by atoms with Crippen LogP contribution in [0.1, 0.15) is 24.8 Å². The number of rotatable bonds is 1. The third-order valence-electron chi connectivity index (χ3n) is 2.55. The highest BCUT2D eigenvalue weighted by molar-refractivity contribution is 5.66. The Morgan fingerprint density at radius 3 is 2.62 bits per heavy atom. The van der Waals surface area contributed by atoms with Crippen LogP contribution in [0.25, 0.3) is 5.57 Å². The lowest BCUT2D eigenvalue weighted by Gasteiger charge is -2.19. The van der Waals surface area contributed by atoms with Crippen LogP contribution in [0.4, 0.5) is 0 Å². The Morgan fingerprint density at radius 1 is 1.15 bits per heavy atom. The lowest BCUT2D eigenvalue weighted by Crippen LogP contribution is -2.22. The van der Waals surface area contributed by atoms with Gasteiger partial charge in [-0.3, -0.25) is 0 Å². The molecule has 68 valence electrons. The molecule has 1 heteroatoms. The predicted molar refractivity (Wildman–Crippen MR) is 56.2 cm³/mol. The molecule has 1 nitrogen and oxygen atoms in total. The van der Waals surface area contributed by atoms with Crippen LogP contribution in [0, 0.1) is 0 Å². The molecule has 0 bridgehead atoms. The molecule has 0 radical (unpaired) electrons.